The molecule has 2 saturated heterocycles. The predicted molar refractivity (Wildman–Crippen MR) is 93.6 cm³/mol. The van der Waals surface area contributed by atoms with E-state index in [1.807, 2.05) is 9.80 Å². The fourth-order valence-electron chi connectivity index (χ4n) is 4.28. The van der Waals surface area contributed by atoms with Crippen LogP contribution < -0.4 is 0 Å². The molecular formula is C19H30N2O5. The molecule has 4 rings (SSSR count). The summed E-state index contributed by atoms with van der Waals surface area (Å²) in [5.74, 6) is 0.793. The first-order valence-corrected chi connectivity index (χ1v) is 9.86. The van der Waals surface area contributed by atoms with Crippen molar-refractivity contribution in [2.75, 3.05) is 53.1 Å². The maximum atomic E-state index is 12.9. The van der Waals surface area contributed by atoms with E-state index in [1.54, 1.807) is 7.11 Å². The molecule has 0 bridgehead atoms. The standard InChI is InChI=1S/C19H30N2O5/c1-24-18(5-2-6-18)9-16(22)20-7-8-25-14-19(12-20)13-21(10-15-3-4-15)17(23)11-26-19/h15H,2-14H2,1H3. The van der Waals surface area contributed by atoms with Gasteiger partial charge in [-0.05, 0) is 38.0 Å². The highest BCUT2D eigenvalue weighted by Crippen LogP contribution is 2.39. The van der Waals surface area contributed by atoms with Crippen LogP contribution in [0.4, 0.5) is 0 Å². The molecule has 146 valence electrons. The van der Waals surface area contributed by atoms with E-state index in [2.05, 4.69) is 0 Å². The number of ether oxygens (including phenoxy) is 3. The van der Waals surface area contributed by atoms with Gasteiger partial charge in [0.2, 0.25) is 11.8 Å². The van der Waals surface area contributed by atoms with E-state index >= 15 is 0 Å². The summed E-state index contributed by atoms with van der Waals surface area (Å²) in [6, 6.07) is 0. The second-order valence-electron chi connectivity index (χ2n) is 8.47. The number of rotatable bonds is 5. The van der Waals surface area contributed by atoms with E-state index in [-0.39, 0.29) is 24.0 Å². The Morgan fingerprint density at radius 2 is 2.12 bits per heavy atom. The van der Waals surface area contributed by atoms with Crippen LogP contribution in [0.15, 0.2) is 0 Å². The number of methoxy groups -OCH3 is 1. The Hall–Kier alpha value is -1.18. The molecule has 1 unspecified atom stereocenters. The van der Waals surface area contributed by atoms with Crippen LogP contribution in [-0.4, -0.2) is 85.9 Å². The van der Waals surface area contributed by atoms with Crippen molar-refractivity contribution in [3.05, 3.63) is 0 Å². The van der Waals surface area contributed by atoms with Crippen molar-refractivity contribution in [2.45, 2.75) is 49.7 Å². The first-order valence-electron chi connectivity index (χ1n) is 9.86. The number of carbonyl (C=O) groups is 2. The summed E-state index contributed by atoms with van der Waals surface area (Å²) in [7, 11) is 1.70. The van der Waals surface area contributed by atoms with Crippen LogP contribution in [0.25, 0.3) is 0 Å². The highest BCUT2D eigenvalue weighted by Gasteiger charge is 2.46. The van der Waals surface area contributed by atoms with Gasteiger partial charge in [0, 0.05) is 20.2 Å². The zero-order chi connectivity index (χ0) is 18.2. The van der Waals surface area contributed by atoms with Gasteiger partial charge < -0.3 is 24.0 Å². The first-order chi connectivity index (χ1) is 12.5. The van der Waals surface area contributed by atoms with Gasteiger partial charge in [-0.3, -0.25) is 9.59 Å². The zero-order valence-electron chi connectivity index (χ0n) is 15.7. The SMILES string of the molecule is COC1(CC(=O)N2CCOCC3(C2)CN(CC2CC2)C(=O)CO3)CCC1. The molecular weight excluding hydrogens is 336 g/mol. The van der Waals surface area contributed by atoms with Crippen molar-refractivity contribution in [3.63, 3.8) is 0 Å². The lowest BCUT2D eigenvalue weighted by Gasteiger charge is -2.44. The van der Waals surface area contributed by atoms with Crippen molar-refractivity contribution in [1.29, 1.82) is 0 Å². The molecule has 2 aliphatic carbocycles. The highest BCUT2D eigenvalue weighted by molar-refractivity contribution is 5.79. The molecule has 2 amide bonds. The lowest BCUT2D eigenvalue weighted by Crippen LogP contribution is -2.61. The Bertz CT molecular complexity index is 555. The van der Waals surface area contributed by atoms with Gasteiger partial charge >= 0.3 is 0 Å². The largest absolute Gasteiger partial charge is 0.378 e. The van der Waals surface area contributed by atoms with Gasteiger partial charge in [0.25, 0.3) is 0 Å². The lowest BCUT2D eigenvalue weighted by atomic mass is 9.77. The van der Waals surface area contributed by atoms with E-state index in [9.17, 15) is 9.59 Å². The predicted octanol–water partition coefficient (Wildman–Crippen LogP) is 0.812. The van der Waals surface area contributed by atoms with Crippen LogP contribution in [0.5, 0.6) is 0 Å². The fraction of sp³-hybridized carbons (Fsp3) is 0.895. The van der Waals surface area contributed by atoms with Crippen molar-refractivity contribution in [2.24, 2.45) is 5.92 Å². The van der Waals surface area contributed by atoms with Crippen LogP contribution in [0.3, 0.4) is 0 Å². The summed E-state index contributed by atoms with van der Waals surface area (Å²) in [6.07, 6.45) is 5.85. The average molecular weight is 366 g/mol. The summed E-state index contributed by atoms with van der Waals surface area (Å²) < 4.78 is 17.4. The minimum atomic E-state index is -0.602. The van der Waals surface area contributed by atoms with E-state index in [4.69, 9.17) is 14.2 Å². The van der Waals surface area contributed by atoms with Crippen molar-refractivity contribution < 1.29 is 23.8 Å². The lowest BCUT2D eigenvalue weighted by molar-refractivity contribution is -0.175. The molecule has 2 saturated carbocycles. The quantitative estimate of drug-likeness (QED) is 0.720. The minimum Gasteiger partial charge on any atom is -0.378 e. The fourth-order valence-corrected chi connectivity index (χ4v) is 4.28. The molecule has 0 aromatic heterocycles. The summed E-state index contributed by atoms with van der Waals surface area (Å²) in [5.41, 5.74) is -0.881. The Balaban J connectivity index is 1.43. The monoisotopic (exact) mass is 366 g/mol. The number of amides is 2. The van der Waals surface area contributed by atoms with Crippen LogP contribution in [0.2, 0.25) is 0 Å². The van der Waals surface area contributed by atoms with Gasteiger partial charge in [0.1, 0.15) is 12.2 Å². The van der Waals surface area contributed by atoms with Gasteiger partial charge in [-0.25, -0.2) is 0 Å². The summed E-state index contributed by atoms with van der Waals surface area (Å²) in [4.78, 5) is 28.9. The maximum Gasteiger partial charge on any atom is 0.248 e. The molecule has 2 aliphatic heterocycles. The Morgan fingerprint density at radius 3 is 2.77 bits per heavy atom. The smallest absolute Gasteiger partial charge is 0.248 e. The molecule has 0 radical (unpaired) electrons. The van der Waals surface area contributed by atoms with Gasteiger partial charge in [-0.1, -0.05) is 0 Å². The first kappa shape index (κ1) is 18.2. The Labute approximate surface area is 154 Å². The molecule has 7 nitrogen and oxygen atoms in total. The molecule has 7 heteroatoms. The van der Waals surface area contributed by atoms with E-state index < -0.39 is 5.60 Å². The molecule has 2 heterocycles. The summed E-state index contributed by atoms with van der Waals surface area (Å²) in [5, 5.41) is 0. The number of hydrogen-bond acceptors (Lipinski definition) is 5. The van der Waals surface area contributed by atoms with Gasteiger partial charge in [-0.2, -0.15) is 0 Å². The van der Waals surface area contributed by atoms with Crippen molar-refractivity contribution in [1.82, 2.24) is 9.80 Å². The van der Waals surface area contributed by atoms with Crippen LogP contribution in [0, 0.1) is 5.92 Å². The van der Waals surface area contributed by atoms with Crippen LogP contribution >= 0.6 is 0 Å². The van der Waals surface area contributed by atoms with Gasteiger partial charge in [0.05, 0.1) is 38.3 Å². The third kappa shape index (κ3) is 3.75. The number of carbonyl (C=O) groups excluding carboxylic acids is 2. The summed E-state index contributed by atoms with van der Waals surface area (Å²) >= 11 is 0. The van der Waals surface area contributed by atoms with Crippen molar-refractivity contribution >= 4 is 11.8 Å². The summed E-state index contributed by atoms with van der Waals surface area (Å²) in [6.45, 7) is 3.40. The zero-order valence-corrected chi connectivity index (χ0v) is 15.7. The molecule has 4 fully saturated rings. The molecule has 1 spiro atoms. The third-order valence-electron chi connectivity index (χ3n) is 6.38. The molecule has 26 heavy (non-hydrogen) atoms. The minimum absolute atomic E-state index is 0.0532. The molecule has 1 atom stereocenters. The molecule has 4 aliphatic rings. The number of morpholine rings is 1. The average Bonchev–Trinajstić information content (AvgIpc) is 3.42. The topological polar surface area (TPSA) is 68.3 Å². The number of hydrogen-bond donors (Lipinski definition) is 0. The maximum absolute atomic E-state index is 12.9. The second-order valence-corrected chi connectivity index (χ2v) is 8.47. The Kier molecular flexibility index (Phi) is 4.96. The van der Waals surface area contributed by atoms with E-state index in [1.165, 1.54) is 12.8 Å². The molecule has 0 aromatic carbocycles. The highest BCUT2D eigenvalue weighted by atomic mass is 16.6. The molecule has 0 aromatic rings. The second kappa shape index (κ2) is 7.09. The van der Waals surface area contributed by atoms with Gasteiger partial charge in [0.15, 0.2) is 0 Å². The van der Waals surface area contributed by atoms with E-state index in [0.29, 0.717) is 45.2 Å². The third-order valence-corrected chi connectivity index (χ3v) is 6.38. The molecule has 0 N–H and O–H groups in total. The van der Waals surface area contributed by atoms with E-state index in [0.717, 1.165) is 25.8 Å². The van der Waals surface area contributed by atoms with Crippen LogP contribution in [0.1, 0.15) is 38.5 Å². The van der Waals surface area contributed by atoms with Crippen molar-refractivity contribution in [3.8, 4) is 0 Å². The van der Waals surface area contributed by atoms with Crippen LogP contribution in [-0.2, 0) is 23.8 Å². The Morgan fingerprint density at radius 1 is 1.31 bits per heavy atom. The van der Waals surface area contributed by atoms with Gasteiger partial charge in [-0.15, -0.1) is 0 Å². The number of nitrogens with zero attached hydrogens (tertiary/aromatic N) is 2. The normalized spacial score (nSPS) is 31.7.